The van der Waals surface area contributed by atoms with Crippen LogP contribution in [0.3, 0.4) is 0 Å². The Hall–Kier alpha value is -1.10. The number of carbonyl (C=O) groups is 2. The van der Waals surface area contributed by atoms with Gasteiger partial charge in [-0.1, -0.05) is 6.92 Å². The third-order valence-corrected chi connectivity index (χ3v) is 2.90. The molecule has 0 radical (unpaired) electrons. The van der Waals surface area contributed by atoms with Crippen molar-refractivity contribution in [2.75, 3.05) is 27.4 Å². The molecule has 5 heteroatoms. The van der Waals surface area contributed by atoms with Gasteiger partial charge >= 0.3 is 5.97 Å². The minimum absolute atomic E-state index is 0.0400. The summed E-state index contributed by atoms with van der Waals surface area (Å²) in [5.41, 5.74) is -0.492. The maximum atomic E-state index is 11.7. The molecule has 0 atom stereocenters. The molecule has 0 aliphatic heterocycles. The van der Waals surface area contributed by atoms with Gasteiger partial charge in [0.2, 0.25) is 6.73 Å². The van der Waals surface area contributed by atoms with Crippen LogP contribution in [0.15, 0.2) is 0 Å². The molecule has 0 aromatic carbocycles. The van der Waals surface area contributed by atoms with Gasteiger partial charge in [0.05, 0.1) is 26.1 Å². The van der Waals surface area contributed by atoms with Crippen molar-refractivity contribution >= 4 is 11.9 Å². The molecule has 5 nitrogen and oxygen atoms in total. The van der Waals surface area contributed by atoms with E-state index in [1.54, 1.807) is 0 Å². The van der Waals surface area contributed by atoms with Gasteiger partial charge in [0.25, 0.3) is 0 Å². The fourth-order valence-electron chi connectivity index (χ4n) is 1.03. The zero-order valence-electron chi connectivity index (χ0n) is 11.4. The first-order chi connectivity index (χ1) is 7.60. The molecule has 0 aliphatic rings. The van der Waals surface area contributed by atoms with Crippen LogP contribution in [0.5, 0.6) is 0 Å². The SMILES string of the molecule is CCC(C)(C)C(=O)OC[N+](C)(C)CCC(=O)[O-]. The van der Waals surface area contributed by atoms with Crippen LogP contribution in [-0.4, -0.2) is 43.8 Å². The molecule has 0 aromatic heterocycles. The van der Waals surface area contributed by atoms with Crippen molar-refractivity contribution in [2.45, 2.75) is 33.6 Å². The van der Waals surface area contributed by atoms with E-state index < -0.39 is 11.4 Å². The van der Waals surface area contributed by atoms with Gasteiger partial charge in [0, 0.05) is 12.4 Å². The second-order valence-electron chi connectivity index (χ2n) is 5.58. The Morgan fingerprint density at radius 1 is 1.29 bits per heavy atom. The molecule has 0 unspecified atom stereocenters. The summed E-state index contributed by atoms with van der Waals surface area (Å²) >= 11 is 0. The topological polar surface area (TPSA) is 66.4 Å². The third-order valence-electron chi connectivity index (χ3n) is 2.90. The number of rotatable bonds is 7. The van der Waals surface area contributed by atoms with Crippen LogP contribution in [-0.2, 0) is 14.3 Å². The second kappa shape index (κ2) is 6.00. The van der Waals surface area contributed by atoms with Crippen molar-refractivity contribution in [3.63, 3.8) is 0 Å². The minimum atomic E-state index is -1.09. The fraction of sp³-hybridized carbons (Fsp3) is 0.833. The van der Waals surface area contributed by atoms with Crippen LogP contribution < -0.4 is 5.11 Å². The number of hydrogen-bond acceptors (Lipinski definition) is 4. The number of ether oxygens (including phenoxy) is 1. The highest BCUT2D eigenvalue weighted by Gasteiger charge is 2.29. The lowest BCUT2D eigenvalue weighted by molar-refractivity contribution is -0.906. The molecule has 0 spiro atoms. The molecule has 0 rings (SSSR count). The van der Waals surface area contributed by atoms with Gasteiger partial charge in [-0.05, 0) is 20.3 Å². The number of aliphatic carboxylic acids is 1. The van der Waals surface area contributed by atoms with Gasteiger partial charge in [-0.3, -0.25) is 9.28 Å². The van der Waals surface area contributed by atoms with Crippen molar-refractivity contribution in [3.8, 4) is 0 Å². The summed E-state index contributed by atoms with van der Waals surface area (Å²) in [4.78, 5) is 22.1. The first-order valence-corrected chi connectivity index (χ1v) is 5.80. The van der Waals surface area contributed by atoms with Crippen LogP contribution in [0.1, 0.15) is 33.6 Å². The molecule has 17 heavy (non-hydrogen) atoms. The average Bonchev–Trinajstić information content (AvgIpc) is 2.23. The van der Waals surface area contributed by atoms with E-state index in [0.717, 1.165) is 0 Å². The van der Waals surface area contributed by atoms with Crippen molar-refractivity contribution < 1.29 is 23.9 Å². The normalized spacial score (nSPS) is 12.3. The summed E-state index contributed by atoms with van der Waals surface area (Å²) in [6.45, 7) is 6.14. The van der Waals surface area contributed by atoms with Crippen molar-refractivity contribution in [1.82, 2.24) is 0 Å². The number of carboxylic acids is 1. The van der Waals surface area contributed by atoms with Gasteiger partial charge in [0.15, 0.2) is 0 Å². The third kappa shape index (κ3) is 6.26. The van der Waals surface area contributed by atoms with Gasteiger partial charge in [-0.25, -0.2) is 0 Å². The van der Waals surface area contributed by atoms with Crippen molar-refractivity contribution in [1.29, 1.82) is 0 Å². The summed E-state index contributed by atoms with van der Waals surface area (Å²) in [7, 11) is 3.63. The Kier molecular flexibility index (Phi) is 5.61. The second-order valence-corrected chi connectivity index (χ2v) is 5.58. The molecule has 0 aromatic rings. The number of nitrogens with zero attached hydrogens (tertiary/aromatic N) is 1. The number of carboxylic acid groups (broad SMARTS) is 1. The maximum absolute atomic E-state index is 11.7. The molecule has 0 heterocycles. The molecule has 0 N–H and O–H groups in total. The van der Waals surface area contributed by atoms with Gasteiger partial charge < -0.3 is 14.6 Å². The number of carbonyl (C=O) groups excluding carboxylic acids is 2. The molecule has 0 amide bonds. The highest BCUT2D eigenvalue weighted by Crippen LogP contribution is 2.21. The summed E-state index contributed by atoms with van der Waals surface area (Å²) in [5.74, 6) is -1.34. The van der Waals surface area contributed by atoms with Gasteiger partial charge in [-0.15, -0.1) is 0 Å². The first kappa shape index (κ1) is 15.9. The summed E-state index contributed by atoms with van der Waals surface area (Å²) in [6.07, 6.45) is 0.667. The molecule has 0 saturated carbocycles. The molecule has 0 saturated heterocycles. The first-order valence-electron chi connectivity index (χ1n) is 5.80. The fourth-order valence-corrected chi connectivity index (χ4v) is 1.03. The molecule has 0 fully saturated rings. The predicted octanol–water partition coefficient (Wildman–Crippen LogP) is 0.140. The number of quaternary nitrogens is 1. The van der Waals surface area contributed by atoms with Crippen LogP contribution in [0.2, 0.25) is 0 Å². The van der Waals surface area contributed by atoms with E-state index >= 15 is 0 Å². The number of hydrogen-bond donors (Lipinski definition) is 0. The molecular formula is C12H23NO4. The van der Waals surface area contributed by atoms with Crippen LogP contribution in [0.25, 0.3) is 0 Å². The highest BCUT2D eigenvalue weighted by molar-refractivity contribution is 5.75. The van der Waals surface area contributed by atoms with E-state index in [-0.39, 0.29) is 19.1 Å². The van der Waals surface area contributed by atoms with E-state index in [1.165, 1.54) is 0 Å². The smallest absolute Gasteiger partial charge is 0.315 e. The molecule has 0 aliphatic carbocycles. The summed E-state index contributed by atoms with van der Waals surface area (Å²) < 4.78 is 5.53. The van der Waals surface area contributed by atoms with E-state index in [2.05, 4.69) is 0 Å². The Balaban J connectivity index is 4.18. The number of esters is 1. The van der Waals surface area contributed by atoms with E-state index in [1.807, 2.05) is 34.9 Å². The van der Waals surface area contributed by atoms with Crippen molar-refractivity contribution in [3.05, 3.63) is 0 Å². The van der Waals surface area contributed by atoms with E-state index in [9.17, 15) is 14.7 Å². The lowest BCUT2D eigenvalue weighted by atomic mass is 9.91. The Labute approximate surface area is 103 Å². The van der Waals surface area contributed by atoms with Crippen LogP contribution in [0, 0.1) is 5.41 Å². The Bertz CT molecular complexity index is 284. The van der Waals surface area contributed by atoms with E-state index in [4.69, 9.17) is 4.74 Å². The lowest BCUT2D eigenvalue weighted by Gasteiger charge is -2.30. The zero-order valence-corrected chi connectivity index (χ0v) is 11.4. The largest absolute Gasteiger partial charge is 0.550 e. The monoisotopic (exact) mass is 245 g/mol. The molecular weight excluding hydrogens is 222 g/mol. The summed E-state index contributed by atoms with van der Waals surface area (Å²) in [6, 6.07) is 0. The molecule has 100 valence electrons. The average molecular weight is 245 g/mol. The molecule has 0 bridgehead atoms. The predicted molar refractivity (Wildman–Crippen MR) is 61.6 cm³/mol. The summed E-state index contributed by atoms with van der Waals surface area (Å²) in [5, 5.41) is 10.4. The lowest BCUT2D eigenvalue weighted by Crippen LogP contribution is -2.46. The Morgan fingerprint density at radius 2 is 1.82 bits per heavy atom. The Morgan fingerprint density at radius 3 is 2.24 bits per heavy atom. The van der Waals surface area contributed by atoms with Crippen LogP contribution in [0.4, 0.5) is 0 Å². The van der Waals surface area contributed by atoms with Gasteiger partial charge in [0.1, 0.15) is 0 Å². The van der Waals surface area contributed by atoms with E-state index in [0.29, 0.717) is 17.4 Å². The standard InChI is InChI=1S/C12H23NO4/c1-6-12(2,3)11(16)17-9-13(4,5)8-7-10(14)15/h6-9H2,1-5H3. The minimum Gasteiger partial charge on any atom is -0.550 e. The highest BCUT2D eigenvalue weighted by atomic mass is 16.5. The van der Waals surface area contributed by atoms with Crippen LogP contribution >= 0.6 is 0 Å². The quantitative estimate of drug-likeness (QED) is 0.363. The zero-order chi connectivity index (χ0) is 13.7. The maximum Gasteiger partial charge on any atom is 0.315 e. The van der Waals surface area contributed by atoms with Crippen molar-refractivity contribution in [2.24, 2.45) is 5.41 Å². The van der Waals surface area contributed by atoms with Gasteiger partial charge in [-0.2, -0.15) is 0 Å².